The van der Waals surface area contributed by atoms with E-state index >= 15 is 0 Å². The summed E-state index contributed by atoms with van der Waals surface area (Å²) in [5, 5.41) is 11.1. The molecule has 0 N–H and O–H groups in total. The maximum absolute atomic E-state index is 12.6. The molecule has 2 aromatic carbocycles. The summed E-state index contributed by atoms with van der Waals surface area (Å²) in [6.07, 6.45) is 1.45. The molecule has 0 saturated carbocycles. The lowest BCUT2D eigenvalue weighted by atomic mass is 10.0. The highest BCUT2D eigenvalue weighted by atomic mass is 16.5. The second kappa shape index (κ2) is 6.25. The van der Waals surface area contributed by atoms with Crippen LogP contribution in [-0.4, -0.2) is 35.0 Å². The number of carbonyl (C=O) groups is 1. The lowest BCUT2D eigenvalue weighted by Gasteiger charge is -2.38. The van der Waals surface area contributed by atoms with Gasteiger partial charge in [0.05, 0.1) is 24.7 Å². The standard InChI is InChI=1S/C20H15N3O2/c21-11-14-7-8-22-19(9-14)25-18-12-23(13-18)20(24)17-6-5-15-3-1-2-4-16(15)10-17/h1-10,18H,12-13H2. The number of pyridine rings is 1. The Kier molecular flexibility index (Phi) is 3.79. The third-order valence-electron chi connectivity index (χ3n) is 4.28. The van der Waals surface area contributed by atoms with E-state index in [0.29, 0.717) is 30.1 Å². The van der Waals surface area contributed by atoms with Crippen LogP contribution < -0.4 is 4.74 Å². The molecule has 0 aliphatic carbocycles. The first kappa shape index (κ1) is 15.2. The number of benzene rings is 2. The molecule has 1 fully saturated rings. The first-order valence-electron chi connectivity index (χ1n) is 8.04. The van der Waals surface area contributed by atoms with Gasteiger partial charge in [0.1, 0.15) is 6.10 Å². The zero-order valence-electron chi connectivity index (χ0n) is 13.4. The van der Waals surface area contributed by atoms with Gasteiger partial charge in [-0.1, -0.05) is 30.3 Å². The average Bonchev–Trinajstić information content (AvgIpc) is 2.63. The third-order valence-corrected chi connectivity index (χ3v) is 4.28. The molecular weight excluding hydrogens is 314 g/mol. The summed E-state index contributed by atoms with van der Waals surface area (Å²) >= 11 is 0. The number of aromatic nitrogens is 1. The second-order valence-corrected chi connectivity index (χ2v) is 6.01. The summed E-state index contributed by atoms with van der Waals surface area (Å²) in [5.74, 6) is 0.422. The molecule has 0 spiro atoms. The first-order valence-corrected chi connectivity index (χ1v) is 8.04. The Bertz CT molecular complexity index is 987. The van der Waals surface area contributed by atoms with Crippen molar-refractivity contribution in [1.29, 1.82) is 5.26 Å². The zero-order chi connectivity index (χ0) is 17.2. The topological polar surface area (TPSA) is 66.2 Å². The number of amides is 1. The highest BCUT2D eigenvalue weighted by molar-refractivity contribution is 5.99. The second-order valence-electron chi connectivity index (χ2n) is 6.01. The van der Waals surface area contributed by atoms with E-state index in [1.807, 2.05) is 42.5 Å². The van der Waals surface area contributed by atoms with Crippen LogP contribution in [0.25, 0.3) is 10.8 Å². The third kappa shape index (κ3) is 3.02. The normalized spacial score (nSPS) is 14.0. The maximum atomic E-state index is 12.6. The molecule has 5 nitrogen and oxygen atoms in total. The van der Waals surface area contributed by atoms with Gasteiger partial charge in [0, 0.05) is 17.8 Å². The van der Waals surface area contributed by atoms with E-state index in [1.54, 1.807) is 23.2 Å². The number of ether oxygens (including phenoxy) is 1. The van der Waals surface area contributed by atoms with Crippen molar-refractivity contribution in [2.24, 2.45) is 0 Å². The van der Waals surface area contributed by atoms with E-state index in [0.717, 1.165) is 10.8 Å². The van der Waals surface area contributed by atoms with Crippen molar-refractivity contribution >= 4 is 16.7 Å². The Labute approximate surface area is 145 Å². The van der Waals surface area contributed by atoms with Crippen LogP contribution in [0, 0.1) is 11.3 Å². The highest BCUT2D eigenvalue weighted by Gasteiger charge is 2.33. The Morgan fingerprint density at radius 3 is 2.72 bits per heavy atom. The van der Waals surface area contributed by atoms with Crippen molar-refractivity contribution in [3.63, 3.8) is 0 Å². The predicted molar refractivity (Wildman–Crippen MR) is 93.2 cm³/mol. The molecule has 122 valence electrons. The minimum atomic E-state index is -0.0918. The largest absolute Gasteiger partial charge is 0.471 e. The number of likely N-dealkylation sites (tertiary alicyclic amines) is 1. The fourth-order valence-corrected chi connectivity index (χ4v) is 2.90. The van der Waals surface area contributed by atoms with Crippen LogP contribution >= 0.6 is 0 Å². The molecule has 0 unspecified atom stereocenters. The summed E-state index contributed by atoms with van der Waals surface area (Å²) in [7, 11) is 0. The van der Waals surface area contributed by atoms with Crippen LogP contribution in [0.5, 0.6) is 5.88 Å². The minimum Gasteiger partial charge on any atom is -0.471 e. The van der Waals surface area contributed by atoms with Crippen molar-refractivity contribution in [2.45, 2.75) is 6.10 Å². The molecule has 25 heavy (non-hydrogen) atoms. The van der Waals surface area contributed by atoms with E-state index in [4.69, 9.17) is 10.00 Å². The van der Waals surface area contributed by atoms with E-state index in [-0.39, 0.29) is 12.0 Å². The van der Waals surface area contributed by atoms with Crippen LogP contribution in [0.3, 0.4) is 0 Å². The Morgan fingerprint density at radius 2 is 1.92 bits per heavy atom. The Balaban J connectivity index is 1.41. The number of nitriles is 1. The Morgan fingerprint density at radius 1 is 1.12 bits per heavy atom. The number of hydrogen-bond donors (Lipinski definition) is 0. The van der Waals surface area contributed by atoms with Crippen molar-refractivity contribution in [3.05, 3.63) is 71.9 Å². The van der Waals surface area contributed by atoms with Gasteiger partial charge < -0.3 is 9.64 Å². The maximum Gasteiger partial charge on any atom is 0.254 e. The van der Waals surface area contributed by atoms with Gasteiger partial charge in [0.25, 0.3) is 5.91 Å². The molecule has 1 aliphatic rings. The quantitative estimate of drug-likeness (QED) is 0.741. The summed E-state index contributed by atoms with van der Waals surface area (Å²) in [6.45, 7) is 1.04. The van der Waals surface area contributed by atoms with Crippen LogP contribution in [0.4, 0.5) is 0 Å². The lowest BCUT2D eigenvalue weighted by molar-refractivity contribution is 0.0160. The van der Waals surface area contributed by atoms with Gasteiger partial charge in [-0.2, -0.15) is 5.26 Å². The first-order chi connectivity index (χ1) is 12.2. The summed E-state index contributed by atoms with van der Waals surface area (Å²) in [4.78, 5) is 18.4. The molecule has 0 radical (unpaired) electrons. The highest BCUT2D eigenvalue weighted by Crippen LogP contribution is 2.21. The lowest BCUT2D eigenvalue weighted by Crippen LogP contribution is -2.56. The van der Waals surface area contributed by atoms with Gasteiger partial charge in [-0.05, 0) is 29.0 Å². The van der Waals surface area contributed by atoms with Crippen molar-refractivity contribution in [3.8, 4) is 11.9 Å². The molecular formula is C20H15N3O2. The van der Waals surface area contributed by atoms with E-state index < -0.39 is 0 Å². The minimum absolute atomic E-state index is 0.00402. The fraction of sp³-hybridized carbons (Fsp3) is 0.150. The van der Waals surface area contributed by atoms with Crippen molar-refractivity contribution in [1.82, 2.24) is 9.88 Å². The van der Waals surface area contributed by atoms with Crippen LogP contribution in [0.1, 0.15) is 15.9 Å². The SMILES string of the molecule is N#Cc1ccnc(OC2CN(C(=O)c3ccc4ccccc4c3)C2)c1. The van der Waals surface area contributed by atoms with Gasteiger partial charge in [-0.3, -0.25) is 4.79 Å². The summed E-state index contributed by atoms with van der Waals surface area (Å²) < 4.78 is 5.72. The predicted octanol–water partition coefficient (Wildman–Crippen LogP) is 3.01. The van der Waals surface area contributed by atoms with Gasteiger partial charge >= 0.3 is 0 Å². The summed E-state index contributed by atoms with van der Waals surface area (Å²) in [5.41, 5.74) is 1.19. The van der Waals surface area contributed by atoms with E-state index in [1.165, 1.54) is 0 Å². The number of hydrogen-bond acceptors (Lipinski definition) is 4. The molecule has 0 atom stereocenters. The van der Waals surface area contributed by atoms with Crippen LogP contribution in [0.2, 0.25) is 0 Å². The monoisotopic (exact) mass is 329 g/mol. The number of fused-ring (bicyclic) bond motifs is 1. The summed E-state index contributed by atoms with van der Waals surface area (Å²) in [6, 6.07) is 19.0. The van der Waals surface area contributed by atoms with Crippen LogP contribution in [-0.2, 0) is 0 Å². The molecule has 4 rings (SSSR count). The van der Waals surface area contributed by atoms with E-state index in [9.17, 15) is 4.79 Å². The molecule has 1 aromatic heterocycles. The van der Waals surface area contributed by atoms with Crippen LogP contribution in [0.15, 0.2) is 60.8 Å². The van der Waals surface area contributed by atoms with Crippen molar-refractivity contribution < 1.29 is 9.53 Å². The molecule has 1 aliphatic heterocycles. The molecule has 1 saturated heterocycles. The Hall–Kier alpha value is -3.39. The van der Waals surface area contributed by atoms with E-state index in [2.05, 4.69) is 11.1 Å². The molecule has 3 aromatic rings. The van der Waals surface area contributed by atoms with Crippen molar-refractivity contribution in [2.75, 3.05) is 13.1 Å². The number of carbonyl (C=O) groups excluding carboxylic acids is 1. The number of rotatable bonds is 3. The van der Waals surface area contributed by atoms with Gasteiger partial charge in [0.2, 0.25) is 5.88 Å². The van der Waals surface area contributed by atoms with Gasteiger partial charge in [-0.25, -0.2) is 4.98 Å². The smallest absolute Gasteiger partial charge is 0.254 e. The fourth-order valence-electron chi connectivity index (χ4n) is 2.90. The average molecular weight is 329 g/mol. The number of nitrogens with zero attached hydrogens (tertiary/aromatic N) is 3. The zero-order valence-corrected chi connectivity index (χ0v) is 13.4. The molecule has 0 bridgehead atoms. The molecule has 2 heterocycles. The van der Waals surface area contributed by atoms with Gasteiger partial charge in [0.15, 0.2) is 0 Å². The van der Waals surface area contributed by atoms with Gasteiger partial charge in [-0.15, -0.1) is 0 Å². The molecule has 5 heteroatoms. The molecule has 1 amide bonds.